The smallest absolute Gasteiger partial charge is 0.159 e. The molecule has 0 fully saturated rings. The molecular weight excluding hydrogens is 751 g/mol. The van der Waals surface area contributed by atoms with Crippen LogP contribution in [0.3, 0.4) is 0 Å². The molecule has 0 radical (unpaired) electrons. The summed E-state index contributed by atoms with van der Waals surface area (Å²) in [5.41, 5.74) is 11.3. The molecule has 4 heteroatoms. The van der Waals surface area contributed by atoms with Gasteiger partial charge in [-0.2, -0.15) is 0 Å². The van der Waals surface area contributed by atoms with E-state index in [-0.39, 0.29) is 0 Å². The van der Waals surface area contributed by atoms with Gasteiger partial charge in [0.25, 0.3) is 0 Å². The lowest BCUT2D eigenvalue weighted by Crippen LogP contribution is -2.11. The maximum Gasteiger partial charge on any atom is 0.159 e. The molecule has 3 aromatic heterocycles. The van der Waals surface area contributed by atoms with Gasteiger partial charge in [-0.1, -0.05) is 152 Å². The van der Waals surface area contributed by atoms with E-state index in [1.54, 1.807) is 0 Å². The Morgan fingerprint density at radius 2 is 0.950 bits per heavy atom. The standard InChI is InChI=1S/C56H33NO2S/c1-2-13-41-39(12-1)40(45-18-10-19-46-42-14-3-6-23-51(42)58-54(45)46)30-31-49(41)57(50-22-11-20-47-43-15-4-7-24-52(43)59-55(47)50)37-29-28-34-32-36(27-26-35(34)33-37)38-17-9-21-48-44-16-5-8-25-53(44)60-56(38)48/h1-33H. The number of hydrogen-bond acceptors (Lipinski definition) is 4. The Hall–Kier alpha value is -7.66. The number of anilines is 3. The Labute approximate surface area is 348 Å². The molecule has 0 aliphatic heterocycles. The van der Waals surface area contributed by atoms with Gasteiger partial charge in [-0.15, -0.1) is 11.3 Å². The fourth-order valence-corrected chi connectivity index (χ4v) is 10.7. The quantitative estimate of drug-likeness (QED) is 0.174. The number of fused-ring (bicyclic) bond motifs is 11. The average molecular weight is 784 g/mol. The lowest BCUT2D eigenvalue weighted by molar-refractivity contribution is 0.669. The molecule has 0 bridgehead atoms. The largest absolute Gasteiger partial charge is 0.455 e. The van der Waals surface area contributed by atoms with Crippen molar-refractivity contribution in [2.24, 2.45) is 0 Å². The Morgan fingerprint density at radius 3 is 1.77 bits per heavy atom. The molecule has 10 aromatic carbocycles. The molecule has 60 heavy (non-hydrogen) atoms. The molecular formula is C56H33NO2S. The van der Waals surface area contributed by atoms with E-state index >= 15 is 0 Å². The summed E-state index contributed by atoms with van der Waals surface area (Å²) in [6.07, 6.45) is 0. The topological polar surface area (TPSA) is 29.5 Å². The first kappa shape index (κ1) is 33.3. The summed E-state index contributed by atoms with van der Waals surface area (Å²) in [6, 6.07) is 72.0. The summed E-state index contributed by atoms with van der Waals surface area (Å²) >= 11 is 1.87. The van der Waals surface area contributed by atoms with Crippen molar-refractivity contribution in [2.45, 2.75) is 0 Å². The van der Waals surface area contributed by atoms with Crippen molar-refractivity contribution < 1.29 is 8.83 Å². The number of para-hydroxylation sites is 4. The van der Waals surface area contributed by atoms with Crippen LogP contribution in [0.5, 0.6) is 0 Å². The second-order valence-electron chi connectivity index (χ2n) is 15.6. The maximum atomic E-state index is 6.75. The summed E-state index contributed by atoms with van der Waals surface area (Å²) in [7, 11) is 0. The van der Waals surface area contributed by atoms with Gasteiger partial charge in [0.1, 0.15) is 16.7 Å². The highest BCUT2D eigenvalue weighted by Crippen LogP contribution is 2.48. The molecule has 13 aromatic rings. The lowest BCUT2D eigenvalue weighted by Gasteiger charge is -2.28. The molecule has 0 atom stereocenters. The molecule has 0 aliphatic carbocycles. The van der Waals surface area contributed by atoms with Crippen molar-refractivity contribution in [3.63, 3.8) is 0 Å². The molecule has 280 valence electrons. The van der Waals surface area contributed by atoms with E-state index in [0.29, 0.717) is 0 Å². The van der Waals surface area contributed by atoms with Crippen LogP contribution in [0.25, 0.3) is 108 Å². The third-order valence-electron chi connectivity index (χ3n) is 12.3. The zero-order valence-corrected chi connectivity index (χ0v) is 33.0. The second kappa shape index (κ2) is 12.9. The third-order valence-corrected chi connectivity index (χ3v) is 13.5. The van der Waals surface area contributed by atoms with Crippen LogP contribution in [-0.4, -0.2) is 0 Å². The molecule has 0 unspecified atom stereocenters. The highest BCUT2D eigenvalue weighted by molar-refractivity contribution is 7.26. The summed E-state index contributed by atoms with van der Waals surface area (Å²) in [4.78, 5) is 2.38. The summed E-state index contributed by atoms with van der Waals surface area (Å²) in [5.74, 6) is 0. The first-order valence-electron chi connectivity index (χ1n) is 20.3. The van der Waals surface area contributed by atoms with Gasteiger partial charge in [0.2, 0.25) is 0 Å². The third kappa shape index (κ3) is 4.95. The predicted octanol–water partition coefficient (Wildman–Crippen LogP) is 17.0. The SMILES string of the molecule is c1ccc2c(c1)oc1c(-c3ccc(N(c4ccc5cc(-c6cccc7c6sc6ccccc67)ccc5c4)c4cccc5c4oc4ccccc45)c4ccccc34)cccc12. The van der Waals surface area contributed by atoms with Gasteiger partial charge in [-0.25, -0.2) is 0 Å². The molecule has 0 amide bonds. The van der Waals surface area contributed by atoms with Gasteiger partial charge in [0.05, 0.1) is 11.4 Å². The van der Waals surface area contributed by atoms with Crippen LogP contribution < -0.4 is 4.90 Å². The Kier molecular flexibility index (Phi) is 7.18. The number of nitrogens with zero attached hydrogens (tertiary/aromatic N) is 1. The maximum absolute atomic E-state index is 6.75. The first-order valence-corrected chi connectivity index (χ1v) is 21.1. The molecule has 0 N–H and O–H groups in total. The zero-order chi connectivity index (χ0) is 39.3. The Morgan fingerprint density at radius 1 is 0.350 bits per heavy atom. The first-order chi connectivity index (χ1) is 29.7. The average Bonchev–Trinajstić information content (AvgIpc) is 4.01. The minimum absolute atomic E-state index is 0.853. The van der Waals surface area contributed by atoms with Gasteiger partial charge in [-0.05, 0) is 81.4 Å². The van der Waals surface area contributed by atoms with E-state index in [9.17, 15) is 0 Å². The van der Waals surface area contributed by atoms with Gasteiger partial charge in [0, 0.05) is 58.4 Å². The molecule has 3 heterocycles. The van der Waals surface area contributed by atoms with Crippen LogP contribution >= 0.6 is 11.3 Å². The van der Waals surface area contributed by atoms with Crippen LogP contribution in [0, 0.1) is 0 Å². The number of hydrogen-bond donors (Lipinski definition) is 0. The Balaban J connectivity index is 1.02. The van der Waals surface area contributed by atoms with Gasteiger partial charge >= 0.3 is 0 Å². The highest BCUT2D eigenvalue weighted by atomic mass is 32.1. The van der Waals surface area contributed by atoms with E-state index in [4.69, 9.17) is 8.83 Å². The van der Waals surface area contributed by atoms with Crippen molar-refractivity contribution >= 4 is 114 Å². The van der Waals surface area contributed by atoms with Crippen molar-refractivity contribution in [1.82, 2.24) is 0 Å². The summed E-state index contributed by atoms with van der Waals surface area (Å²) < 4.78 is 16.0. The van der Waals surface area contributed by atoms with Crippen LogP contribution in [0.15, 0.2) is 209 Å². The monoisotopic (exact) mass is 783 g/mol. The van der Waals surface area contributed by atoms with E-state index in [1.165, 1.54) is 42.1 Å². The molecule has 3 nitrogen and oxygen atoms in total. The number of rotatable bonds is 5. The summed E-state index contributed by atoms with van der Waals surface area (Å²) in [5, 5.41) is 11.7. The zero-order valence-electron chi connectivity index (χ0n) is 32.2. The van der Waals surface area contributed by atoms with Crippen molar-refractivity contribution in [2.75, 3.05) is 4.90 Å². The highest BCUT2D eigenvalue weighted by Gasteiger charge is 2.23. The molecule has 0 saturated heterocycles. The predicted molar refractivity (Wildman–Crippen MR) is 254 cm³/mol. The number of benzene rings is 10. The number of thiophene rings is 1. The van der Waals surface area contributed by atoms with E-state index < -0.39 is 0 Å². The van der Waals surface area contributed by atoms with Crippen molar-refractivity contribution in [3.05, 3.63) is 200 Å². The minimum Gasteiger partial charge on any atom is -0.455 e. The molecule has 0 spiro atoms. The van der Waals surface area contributed by atoms with Gasteiger partial charge in [0.15, 0.2) is 5.58 Å². The second-order valence-corrected chi connectivity index (χ2v) is 16.6. The fourth-order valence-electron chi connectivity index (χ4n) is 9.50. The lowest BCUT2D eigenvalue weighted by atomic mass is 9.94. The van der Waals surface area contributed by atoms with E-state index in [0.717, 1.165) is 82.8 Å². The van der Waals surface area contributed by atoms with Crippen LogP contribution in [0.1, 0.15) is 0 Å². The van der Waals surface area contributed by atoms with Crippen molar-refractivity contribution in [3.8, 4) is 22.3 Å². The normalized spacial score (nSPS) is 12.0. The molecule has 13 rings (SSSR count). The van der Waals surface area contributed by atoms with Crippen molar-refractivity contribution in [1.29, 1.82) is 0 Å². The van der Waals surface area contributed by atoms with Crippen LogP contribution in [0.2, 0.25) is 0 Å². The van der Waals surface area contributed by atoms with Gasteiger partial charge in [-0.3, -0.25) is 0 Å². The van der Waals surface area contributed by atoms with Crippen LogP contribution in [0.4, 0.5) is 17.1 Å². The van der Waals surface area contributed by atoms with Gasteiger partial charge < -0.3 is 13.7 Å². The molecule has 0 aliphatic rings. The van der Waals surface area contributed by atoms with E-state index in [1.807, 2.05) is 29.5 Å². The Bertz CT molecular complexity index is 3870. The number of furan rings is 2. The van der Waals surface area contributed by atoms with E-state index in [2.05, 4.69) is 187 Å². The fraction of sp³-hybridized carbons (Fsp3) is 0. The molecule has 0 saturated carbocycles. The van der Waals surface area contributed by atoms with Crippen LogP contribution in [-0.2, 0) is 0 Å². The summed E-state index contributed by atoms with van der Waals surface area (Å²) in [6.45, 7) is 0. The minimum atomic E-state index is 0.853.